The monoisotopic (exact) mass is 279 g/mol. The first kappa shape index (κ1) is 13.7. The van der Waals surface area contributed by atoms with Crippen LogP contribution in [0.2, 0.25) is 5.15 Å². The maximum absolute atomic E-state index is 11.9. The molecule has 5 nitrogen and oxygen atoms in total. The highest BCUT2D eigenvalue weighted by Gasteiger charge is 2.33. The number of aromatic nitrogens is 1. The van der Waals surface area contributed by atoms with Crippen LogP contribution in [0.25, 0.3) is 0 Å². The second-order valence-electron chi connectivity index (χ2n) is 5.25. The average Bonchev–Trinajstić information content (AvgIpc) is 2.28. The van der Waals surface area contributed by atoms with Gasteiger partial charge in [-0.2, -0.15) is 0 Å². The zero-order valence-corrected chi connectivity index (χ0v) is 11.5. The van der Waals surface area contributed by atoms with Crippen LogP contribution in [0.3, 0.4) is 0 Å². The number of rotatable bonds is 2. The topological polar surface area (TPSA) is 74.9 Å². The van der Waals surface area contributed by atoms with Crippen molar-refractivity contribution in [1.82, 2.24) is 4.98 Å². The average molecular weight is 280 g/mol. The van der Waals surface area contributed by atoms with Gasteiger partial charge in [-0.3, -0.25) is 4.79 Å². The fourth-order valence-corrected chi connectivity index (χ4v) is 2.11. The summed E-state index contributed by atoms with van der Waals surface area (Å²) in [6.07, 6.45) is 2.28. The van der Waals surface area contributed by atoms with Gasteiger partial charge >= 0.3 is 0 Å². The molecule has 0 amide bonds. The van der Waals surface area contributed by atoms with Crippen molar-refractivity contribution in [3.63, 3.8) is 0 Å². The molecule has 0 aromatic carbocycles. The van der Waals surface area contributed by atoms with Crippen LogP contribution >= 0.6 is 11.6 Å². The molecule has 0 bridgehead atoms. The van der Waals surface area contributed by atoms with Crippen molar-refractivity contribution in [1.29, 1.82) is 0 Å². The largest absolute Gasteiger partial charge is 0.510 e. The molecule has 0 atom stereocenters. The third-order valence-corrected chi connectivity index (χ3v) is 3.11. The summed E-state index contributed by atoms with van der Waals surface area (Å²) in [7, 11) is 0. The Labute approximate surface area is 116 Å². The smallest absolute Gasteiger partial charge is 0.187 e. The summed E-state index contributed by atoms with van der Waals surface area (Å²) in [5, 5.41) is 17.8. The second-order valence-corrected chi connectivity index (χ2v) is 5.61. The van der Waals surface area contributed by atoms with Crippen molar-refractivity contribution in [3.8, 4) is 0 Å². The predicted molar refractivity (Wildman–Crippen MR) is 71.4 cm³/mol. The summed E-state index contributed by atoms with van der Waals surface area (Å²) >= 11 is 5.83. The molecule has 0 unspecified atom stereocenters. The molecule has 0 saturated heterocycles. The Bertz CT molecular complexity index is 579. The first-order chi connectivity index (χ1) is 8.89. The molecular formula is C13H14ClN3O2. The number of pyridine rings is 1. The third kappa shape index (κ3) is 3.17. The quantitative estimate of drug-likeness (QED) is 0.657. The van der Waals surface area contributed by atoms with E-state index in [-0.39, 0.29) is 27.8 Å². The van der Waals surface area contributed by atoms with Gasteiger partial charge in [-0.05, 0) is 17.5 Å². The zero-order valence-electron chi connectivity index (χ0n) is 10.7. The first-order valence-corrected chi connectivity index (χ1v) is 6.24. The van der Waals surface area contributed by atoms with E-state index in [1.165, 1.54) is 6.20 Å². The van der Waals surface area contributed by atoms with E-state index >= 15 is 0 Å². The zero-order chi connectivity index (χ0) is 14.0. The maximum atomic E-state index is 11.9. The fourth-order valence-electron chi connectivity index (χ4n) is 1.95. The second kappa shape index (κ2) is 5.09. The number of Topliss-reactive ketones (excluding diaryl/α,β-unsaturated/α-hetero) is 1. The molecule has 1 aromatic heterocycles. The molecule has 0 spiro atoms. The summed E-state index contributed by atoms with van der Waals surface area (Å²) in [5.74, 6) is -0.234. The number of allylic oxidation sites excluding steroid dienone is 2. The molecule has 0 radical (unpaired) electrons. The van der Waals surface area contributed by atoms with Crippen molar-refractivity contribution in [2.45, 2.75) is 26.7 Å². The summed E-state index contributed by atoms with van der Waals surface area (Å²) in [6.45, 7) is 3.85. The molecule has 1 N–H and O–H groups in total. The molecule has 2 rings (SSSR count). The van der Waals surface area contributed by atoms with Crippen molar-refractivity contribution >= 4 is 23.1 Å². The van der Waals surface area contributed by atoms with E-state index in [1.807, 2.05) is 13.8 Å². The summed E-state index contributed by atoms with van der Waals surface area (Å²) < 4.78 is 0. The molecule has 100 valence electrons. The maximum Gasteiger partial charge on any atom is 0.187 e. The van der Waals surface area contributed by atoms with Crippen LogP contribution in [0.15, 0.2) is 40.0 Å². The highest BCUT2D eigenvalue weighted by molar-refractivity contribution is 6.31. The Morgan fingerprint density at radius 3 is 2.74 bits per heavy atom. The normalized spacial score (nSPS) is 19.2. The Kier molecular flexibility index (Phi) is 3.66. The number of carbonyl (C=O) groups is 1. The van der Waals surface area contributed by atoms with Crippen LogP contribution in [0, 0.1) is 5.41 Å². The predicted octanol–water partition coefficient (Wildman–Crippen LogP) is 3.98. The Morgan fingerprint density at radius 2 is 2.11 bits per heavy atom. The highest BCUT2D eigenvalue weighted by Crippen LogP contribution is 2.36. The number of azo groups is 1. The molecule has 0 aliphatic heterocycles. The Morgan fingerprint density at radius 1 is 1.37 bits per heavy atom. The molecule has 19 heavy (non-hydrogen) atoms. The van der Waals surface area contributed by atoms with Gasteiger partial charge in [-0.1, -0.05) is 25.4 Å². The van der Waals surface area contributed by atoms with Gasteiger partial charge in [0.2, 0.25) is 0 Å². The van der Waals surface area contributed by atoms with Gasteiger partial charge in [0.25, 0.3) is 0 Å². The molecule has 1 aliphatic rings. The molecule has 1 heterocycles. The van der Waals surface area contributed by atoms with Crippen LogP contribution in [0.4, 0.5) is 5.69 Å². The van der Waals surface area contributed by atoms with E-state index in [2.05, 4.69) is 15.2 Å². The molecule has 6 heteroatoms. The lowest BCUT2D eigenvalue weighted by Gasteiger charge is -2.27. The first-order valence-electron chi connectivity index (χ1n) is 5.87. The summed E-state index contributed by atoms with van der Waals surface area (Å²) in [6, 6.07) is 3.30. The van der Waals surface area contributed by atoms with Crippen LogP contribution in [-0.4, -0.2) is 15.9 Å². The van der Waals surface area contributed by atoms with Crippen LogP contribution in [-0.2, 0) is 4.79 Å². The molecule has 0 fully saturated rings. The summed E-state index contributed by atoms with van der Waals surface area (Å²) in [4.78, 5) is 15.8. The van der Waals surface area contributed by atoms with Gasteiger partial charge in [0.15, 0.2) is 16.6 Å². The number of hydrogen-bond donors (Lipinski definition) is 1. The van der Waals surface area contributed by atoms with Crippen LogP contribution < -0.4 is 0 Å². The lowest BCUT2D eigenvalue weighted by molar-refractivity contribution is -0.118. The SMILES string of the molecule is CC1(C)CC(=O)C(N=Nc2cccnc2Cl)=C(O)C1. The minimum absolute atomic E-state index is 0.0132. The van der Waals surface area contributed by atoms with Gasteiger partial charge in [-0.25, -0.2) is 4.98 Å². The fraction of sp³-hybridized carbons (Fsp3) is 0.385. The molecular weight excluding hydrogens is 266 g/mol. The highest BCUT2D eigenvalue weighted by atomic mass is 35.5. The van der Waals surface area contributed by atoms with Crippen LogP contribution in [0.1, 0.15) is 26.7 Å². The van der Waals surface area contributed by atoms with Crippen molar-refractivity contribution in [2.75, 3.05) is 0 Å². The number of halogens is 1. The number of carbonyl (C=O) groups excluding carboxylic acids is 1. The van der Waals surface area contributed by atoms with E-state index in [9.17, 15) is 9.90 Å². The lowest BCUT2D eigenvalue weighted by Crippen LogP contribution is -2.25. The van der Waals surface area contributed by atoms with E-state index in [0.29, 0.717) is 18.5 Å². The lowest BCUT2D eigenvalue weighted by atomic mass is 9.78. The third-order valence-electron chi connectivity index (χ3n) is 2.82. The summed E-state index contributed by atoms with van der Waals surface area (Å²) in [5.41, 5.74) is 0.132. The van der Waals surface area contributed by atoms with Gasteiger partial charge in [0, 0.05) is 19.0 Å². The number of aliphatic hydroxyl groups is 1. The molecule has 0 saturated carbocycles. The van der Waals surface area contributed by atoms with Crippen LogP contribution in [0.5, 0.6) is 0 Å². The van der Waals surface area contributed by atoms with Gasteiger partial charge in [0.1, 0.15) is 11.4 Å². The van der Waals surface area contributed by atoms with E-state index in [4.69, 9.17) is 11.6 Å². The Hall–Kier alpha value is -1.75. The van der Waals surface area contributed by atoms with Crippen molar-refractivity contribution in [2.24, 2.45) is 15.6 Å². The van der Waals surface area contributed by atoms with Crippen molar-refractivity contribution in [3.05, 3.63) is 34.9 Å². The molecule has 1 aromatic rings. The number of ketones is 1. The van der Waals surface area contributed by atoms with E-state index < -0.39 is 0 Å². The Balaban J connectivity index is 2.28. The van der Waals surface area contributed by atoms with Crippen molar-refractivity contribution < 1.29 is 9.90 Å². The number of nitrogens with zero attached hydrogens (tertiary/aromatic N) is 3. The minimum Gasteiger partial charge on any atom is -0.510 e. The number of aliphatic hydroxyl groups excluding tert-OH is 1. The van der Waals surface area contributed by atoms with E-state index in [1.54, 1.807) is 12.1 Å². The number of hydrogen-bond acceptors (Lipinski definition) is 5. The minimum atomic E-state index is -0.244. The molecule has 1 aliphatic carbocycles. The standard InChI is InChI=1S/C13H14ClN3O2/c1-13(2)6-9(18)11(10(19)7-13)17-16-8-4-3-5-15-12(8)14/h3-5,18H,6-7H2,1-2H3. The van der Waals surface area contributed by atoms with Gasteiger partial charge in [-0.15, -0.1) is 10.2 Å². The van der Waals surface area contributed by atoms with E-state index in [0.717, 1.165) is 0 Å². The van der Waals surface area contributed by atoms with Gasteiger partial charge < -0.3 is 5.11 Å². The van der Waals surface area contributed by atoms with Gasteiger partial charge in [0.05, 0.1) is 0 Å².